The van der Waals surface area contributed by atoms with Gasteiger partial charge in [-0.2, -0.15) is 0 Å². The molecule has 14 nitrogen and oxygen atoms in total. The lowest BCUT2D eigenvalue weighted by Gasteiger charge is -2.34. The Morgan fingerprint density at radius 3 is 2.51 bits per heavy atom. The normalized spacial score (nSPS) is 30.2. The predicted octanol–water partition coefficient (Wildman–Crippen LogP) is 3.40. The van der Waals surface area contributed by atoms with E-state index in [1.807, 2.05) is 12.2 Å². The van der Waals surface area contributed by atoms with Crippen molar-refractivity contribution in [3.63, 3.8) is 0 Å². The fraction of sp³-hybridized carbons (Fsp3) is 0.595. The molecule has 3 heterocycles. The number of benzene rings is 1. The van der Waals surface area contributed by atoms with E-state index in [-0.39, 0.29) is 45.0 Å². The zero-order valence-corrected chi connectivity index (χ0v) is 30.3. The fourth-order valence-electron chi connectivity index (χ4n) is 8.15. The summed E-state index contributed by atoms with van der Waals surface area (Å²) in [5.74, 6) is -3.42. The maximum absolute atomic E-state index is 14.9. The Bertz CT molecular complexity index is 1830. The molecule has 1 aromatic carbocycles. The largest absolute Gasteiger partial charge is 0.450 e. The number of rotatable bonds is 7. The Labute approximate surface area is 307 Å². The van der Waals surface area contributed by atoms with Crippen molar-refractivity contribution in [1.29, 1.82) is 0 Å². The van der Waals surface area contributed by atoms with Gasteiger partial charge in [-0.25, -0.2) is 22.4 Å². The summed E-state index contributed by atoms with van der Waals surface area (Å²) in [6.45, 7) is 3.72. The van der Waals surface area contributed by atoms with E-state index >= 15 is 0 Å². The van der Waals surface area contributed by atoms with Crippen LogP contribution < -0.4 is 15.4 Å². The molecule has 3 saturated carbocycles. The van der Waals surface area contributed by atoms with Crippen LogP contribution in [-0.2, 0) is 47.0 Å². The van der Waals surface area contributed by atoms with E-state index in [0.717, 1.165) is 24.8 Å². The molecule has 16 heteroatoms. The Kier molecular flexibility index (Phi) is 10.3. The first kappa shape index (κ1) is 36.9. The number of carbonyl (C=O) groups excluding carboxylic acids is 5. The van der Waals surface area contributed by atoms with Crippen molar-refractivity contribution in [2.75, 3.05) is 13.2 Å². The first-order valence-electron chi connectivity index (χ1n) is 18.6. The SMILES string of the molecule is C=C[C@H]1C[C@]1(NC(=O)[C@@H]1C[C@@H]2CN1C(=O)[C@H](C1CCCCC1)NC(=O)OCCC/C=C/c1ccc(F)c3c1CN(C3)C(=O)O2)C(=O)NS(=O)(=O)C1CC1. The maximum Gasteiger partial charge on any atom is 0.410 e. The quantitative estimate of drug-likeness (QED) is 0.352. The Morgan fingerprint density at radius 2 is 1.79 bits per heavy atom. The van der Waals surface area contributed by atoms with Crippen molar-refractivity contribution in [3.05, 3.63) is 53.4 Å². The first-order valence-corrected chi connectivity index (χ1v) is 20.1. The number of amides is 5. The van der Waals surface area contributed by atoms with Crippen molar-refractivity contribution in [1.82, 2.24) is 25.2 Å². The third kappa shape index (κ3) is 7.64. The molecule has 1 saturated heterocycles. The molecular formula is C37H46FN5O9S. The Balaban J connectivity index is 1.17. The molecule has 3 aliphatic heterocycles. The van der Waals surface area contributed by atoms with E-state index in [9.17, 15) is 36.8 Å². The molecule has 5 atom stereocenters. The summed E-state index contributed by atoms with van der Waals surface area (Å²) in [5, 5.41) is 4.85. The third-order valence-corrected chi connectivity index (χ3v) is 13.3. The molecule has 286 valence electrons. The van der Waals surface area contributed by atoms with Gasteiger partial charge in [-0.3, -0.25) is 24.0 Å². The number of nitrogens with zero attached hydrogens (tertiary/aromatic N) is 2. The summed E-state index contributed by atoms with van der Waals surface area (Å²) < 4.78 is 53.8. The minimum absolute atomic E-state index is 0.0189. The zero-order chi connectivity index (χ0) is 37.5. The Morgan fingerprint density at radius 1 is 1.04 bits per heavy atom. The summed E-state index contributed by atoms with van der Waals surface area (Å²) in [4.78, 5) is 71.6. The van der Waals surface area contributed by atoms with Gasteiger partial charge in [0, 0.05) is 17.9 Å². The van der Waals surface area contributed by atoms with Gasteiger partial charge in [0.2, 0.25) is 21.8 Å². The van der Waals surface area contributed by atoms with Gasteiger partial charge >= 0.3 is 12.2 Å². The molecule has 7 rings (SSSR count). The molecule has 3 N–H and O–H groups in total. The topological polar surface area (TPSA) is 181 Å². The maximum atomic E-state index is 14.9. The number of carbonyl (C=O) groups is 5. The van der Waals surface area contributed by atoms with Crippen LogP contribution in [-0.4, -0.2) is 90.3 Å². The van der Waals surface area contributed by atoms with Crippen LogP contribution in [0.2, 0.25) is 0 Å². The van der Waals surface area contributed by atoms with E-state index in [4.69, 9.17) is 9.47 Å². The number of ether oxygens (including phenoxy) is 2. The molecule has 5 amide bonds. The van der Waals surface area contributed by atoms with Crippen molar-refractivity contribution in [3.8, 4) is 0 Å². The predicted molar refractivity (Wildman–Crippen MR) is 188 cm³/mol. The minimum Gasteiger partial charge on any atom is -0.450 e. The highest BCUT2D eigenvalue weighted by Crippen LogP contribution is 2.45. The second kappa shape index (κ2) is 14.7. The van der Waals surface area contributed by atoms with Crippen molar-refractivity contribution >= 4 is 46.0 Å². The second-order valence-corrected chi connectivity index (χ2v) is 17.0. The standard InChI is InChI=1S/C37H46FN5O9S/c1-2-24-18-37(24,34(46)41-53(49,50)26-13-14-26)40-32(44)30-17-25-19-43(30)33(45)31(23-10-5-3-6-11-23)39-35(47)51-16-8-4-7-9-22-12-15-29(38)28-21-42(20-27(22)28)36(48)52-25/h2,7,9,12,15,23-26,30-31H,1,3-6,8,10-11,13-14,16-21H2,(H,39,47)(H,40,44)(H,41,46)/b9-7+/t24-,25+,30-,31-,37+/m0/s1. The molecule has 3 aliphatic carbocycles. The van der Waals surface area contributed by atoms with Crippen LogP contribution in [0.1, 0.15) is 87.3 Å². The number of hydrogen-bond donors (Lipinski definition) is 3. The number of allylic oxidation sites excluding steroid dienone is 1. The van der Waals surface area contributed by atoms with Gasteiger partial charge in [0.25, 0.3) is 5.91 Å². The van der Waals surface area contributed by atoms with Crippen LogP contribution in [0.15, 0.2) is 30.9 Å². The first-order chi connectivity index (χ1) is 25.4. The van der Waals surface area contributed by atoms with E-state index in [1.54, 1.807) is 6.07 Å². The van der Waals surface area contributed by atoms with Gasteiger partial charge in [-0.1, -0.05) is 43.6 Å². The average Bonchev–Trinajstić information content (AvgIpc) is 4.03. The molecule has 4 fully saturated rings. The van der Waals surface area contributed by atoms with Crippen LogP contribution in [0.3, 0.4) is 0 Å². The van der Waals surface area contributed by atoms with Gasteiger partial charge in [0.05, 0.1) is 31.5 Å². The highest BCUT2D eigenvalue weighted by Gasteiger charge is 2.62. The highest BCUT2D eigenvalue weighted by molar-refractivity contribution is 7.91. The van der Waals surface area contributed by atoms with Crippen molar-refractivity contribution in [2.24, 2.45) is 11.8 Å². The molecule has 0 aromatic heterocycles. The van der Waals surface area contributed by atoms with E-state index in [1.165, 1.54) is 21.9 Å². The number of sulfonamides is 1. The summed E-state index contributed by atoms with van der Waals surface area (Å²) >= 11 is 0. The second-order valence-electron chi connectivity index (χ2n) is 15.1. The Hall–Kier alpha value is -4.47. The van der Waals surface area contributed by atoms with Crippen molar-refractivity contribution < 1.29 is 46.3 Å². The van der Waals surface area contributed by atoms with E-state index in [2.05, 4.69) is 21.9 Å². The van der Waals surface area contributed by atoms with E-state index in [0.29, 0.717) is 49.7 Å². The fourth-order valence-corrected chi connectivity index (χ4v) is 9.51. The van der Waals surface area contributed by atoms with Gasteiger partial charge in [-0.05, 0) is 68.1 Å². The number of fused-ring (bicyclic) bond motifs is 3. The lowest BCUT2D eigenvalue weighted by Crippen LogP contribution is -2.59. The smallest absolute Gasteiger partial charge is 0.410 e. The summed E-state index contributed by atoms with van der Waals surface area (Å²) in [5.41, 5.74) is 0.176. The van der Waals surface area contributed by atoms with Gasteiger partial charge in [0.15, 0.2) is 0 Å². The average molecular weight is 756 g/mol. The van der Waals surface area contributed by atoms with Crippen LogP contribution in [0.25, 0.3) is 6.08 Å². The molecule has 0 unspecified atom stereocenters. The summed E-state index contributed by atoms with van der Waals surface area (Å²) in [6, 6.07) is 0.720. The lowest BCUT2D eigenvalue weighted by atomic mass is 9.83. The molecule has 53 heavy (non-hydrogen) atoms. The molecular weight excluding hydrogens is 709 g/mol. The molecule has 4 bridgehead atoms. The molecule has 1 aromatic rings. The molecule has 0 radical (unpaired) electrons. The zero-order valence-electron chi connectivity index (χ0n) is 29.5. The van der Waals surface area contributed by atoms with Gasteiger partial charge < -0.3 is 25.0 Å². The number of nitrogens with one attached hydrogen (secondary N) is 3. The van der Waals surface area contributed by atoms with Crippen LogP contribution >= 0.6 is 0 Å². The van der Waals surface area contributed by atoms with Gasteiger partial charge in [0.1, 0.15) is 29.5 Å². The summed E-state index contributed by atoms with van der Waals surface area (Å²) in [7, 11) is -3.93. The molecule has 0 spiro atoms. The van der Waals surface area contributed by atoms with Crippen LogP contribution in [0.4, 0.5) is 14.0 Å². The monoisotopic (exact) mass is 755 g/mol. The van der Waals surface area contributed by atoms with Crippen LogP contribution in [0.5, 0.6) is 0 Å². The summed E-state index contributed by atoms with van der Waals surface area (Å²) in [6.07, 6.45) is 8.65. The number of alkyl carbamates (subject to hydrolysis) is 1. The lowest BCUT2D eigenvalue weighted by molar-refractivity contribution is -0.142. The number of halogens is 1. The molecule has 6 aliphatic rings. The highest BCUT2D eigenvalue weighted by atomic mass is 32.2. The van der Waals surface area contributed by atoms with Crippen LogP contribution in [0, 0.1) is 17.7 Å². The van der Waals surface area contributed by atoms with E-state index < -0.39 is 80.6 Å². The minimum atomic E-state index is -3.93. The van der Waals surface area contributed by atoms with Gasteiger partial charge in [-0.15, -0.1) is 6.58 Å². The number of cyclic esters (lactones) is 1. The van der Waals surface area contributed by atoms with Crippen molar-refractivity contribution in [2.45, 2.75) is 113 Å². The number of hydrogen-bond acceptors (Lipinski definition) is 9. The third-order valence-electron chi connectivity index (χ3n) is 11.4.